The summed E-state index contributed by atoms with van der Waals surface area (Å²) in [5, 5.41) is 5.48. The van der Waals surface area contributed by atoms with Gasteiger partial charge in [0, 0.05) is 27.6 Å². The normalized spacial score (nSPS) is 12.8. The average Bonchev–Trinajstić information content (AvgIpc) is 2.70. The summed E-state index contributed by atoms with van der Waals surface area (Å²) in [4.78, 5) is 4.59. The van der Waals surface area contributed by atoms with Crippen LogP contribution >= 0.6 is 11.6 Å². The molecule has 0 radical (unpaired) electrons. The lowest BCUT2D eigenvalue weighted by atomic mass is 9.88. The van der Waals surface area contributed by atoms with Gasteiger partial charge in [-0.25, -0.2) is 9.67 Å². The van der Waals surface area contributed by atoms with E-state index in [9.17, 15) is 0 Å². The number of aromatic nitrogens is 3. The summed E-state index contributed by atoms with van der Waals surface area (Å²) in [6.45, 7) is 15.0. The molecule has 0 unspecified atom stereocenters. The van der Waals surface area contributed by atoms with Crippen molar-refractivity contribution in [3.8, 4) is 5.82 Å². The van der Waals surface area contributed by atoms with Gasteiger partial charge in [-0.3, -0.25) is 0 Å². The van der Waals surface area contributed by atoms with Gasteiger partial charge in [0.15, 0.2) is 5.82 Å². The van der Waals surface area contributed by atoms with E-state index >= 15 is 0 Å². The second kappa shape index (κ2) is 5.13. The van der Waals surface area contributed by atoms with Crippen LogP contribution in [0.3, 0.4) is 0 Å². The zero-order chi connectivity index (χ0) is 16.0. The molecular weight excluding hydrogens is 282 g/mol. The third-order valence-electron chi connectivity index (χ3n) is 3.37. The molecule has 21 heavy (non-hydrogen) atoms. The summed E-state index contributed by atoms with van der Waals surface area (Å²) in [5.74, 6) is 0.778. The number of nitrogens with zero attached hydrogens (tertiary/aromatic N) is 3. The maximum Gasteiger partial charge on any atom is 0.155 e. The zero-order valence-electron chi connectivity index (χ0n) is 14.0. The van der Waals surface area contributed by atoms with E-state index in [1.807, 2.05) is 23.7 Å². The number of halogens is 1. The summed E-state index contributed by atoms with van der Waals surface area (Å²) < 4.78 is 1.93. The van der Waals surface area contributed by atoms with Gasteiger partial charge in [-0.1, -0.05) is 53.1 Å². The first-order valence-electron chi connectivity index (χ1n) is 7.24. The van der Waals surface area contributed by atoms with E-state index in [1.165, 1.54) is 0 Å². The monoisotopic (exact) mass is 305 g/mol. The van der Waals surface area contributed by atoms with Crippen molar-refractivity contribution in [3.63, 3.8) is 0 Å². The molecule has 0 fully saturated rings. The fourth-order valence-corrected chi connectivity index (χ4v) is 2.43. The van der Waals surface area contributed by atoms with Gasteiger partial charge in [-0.05, 0) is 19.1 Å². The molecule has 0 amide bonds. The molecule has 2 rings (SSSR count). The van der Waals surface area contributed by atoms with Crippen LogP contribution in [0, 0.1) is 6.92 Å². The smallest absolute Gasteiger partial charge is 0.155 e. The molecule has 3 nitrogen and oxygen atoms in total. The van der Waals surface area contributed by atoms with Crippen LogP contribution in [-0.4, -0.2) is 14.8 Å². The molecule has 0 aromatic carbocycles. The first-order chi connectivity index (χ1) is 9.48. The highest BCUT2D eigenvalue weighted by molar-refractivity contribution is 6.30. The van der Waals surface area contributed by atoms with E-state index in [4.69, 9.17) is 16.7 Å². The van der Waals surface area contributed by atoms with Crippen molar-refractivity contribution in [2.24, 2.45) is 0 Å². The highest BCUT2D eigenvalue weighted by Crippen LogP contribution is 2.30. The molecule has 0 spiro atoms. The fourth-order valence-electron chi connectivity index (χ4n) is 2.17. The van der Waals surface area contributed by atoms with E-state index in [0.717, 1.165) is 22.9 Å². The summed E-state index contributed by atoms with van der Waals surface area (Å²) in [5.41, 5.74) is 3.08. The van der Waals surface area contributed by atoms with Crippen molar-refractivity contribution in [1.29, 1.82) is 0 Å². The standard InChI is InChI=1S/C17H24ClN3/c1-11-8-12(18)9-15(19-11)21-14(17(5,6)7)10-13(20-21)16(2,3)4/h8-10H,1-7H3. The van der Waals surface area contributed by atoms with Crippen LogP contribution in [0.5, 0.6) is 0 Å². The first kappa shape index (κ1) is 16.0. The summed E-state index contributed by atoms with van der Waals surface area (Å²) >= 11 is 6.18. The van der Waals surface area contributed by atoms with Crippen LogP contribution < -0.4 is 0 Å². The number of hydrogen-bond donors (Lipinski definition) is 0. The molecule has 2 heterocycles. The molecule has 2 aromatic rings. The summed E-state index contributed by atoms with van der Waals surface area (Å²) in [6.07, 6.45) is 0. The molecular formula is C17H24ClN3. The Balaban J connectivity index is 2.69. The Bertz CT molecular complexity index is 637. The van der Waals surface area contributed by atoms with E-state index in [2.05, 4.69) is 52.6 Å². The van der Waals surface area contributed by atoms with Crippen LogP contribution in [0.15, 0.2) is 18.2 Å². The van der Waals surface area contributed by atoms with Crippen LogP contribution in [0.25, 0.3) is 5.82 Å². The number of aryl methyl sites for hydroxylation is 1. The average molecular weight is 306 g/mol. The zero-order valence-corrected chi connectivity index (χ0v) is 14.7. The molecule has 4 heteroatoms. The van der Waals surface area contributed by atoms with Crippen molar-refractivity contribution in [1.82, 2.24) is 14.8 Å². The van der Waals surface area contributed by atoms with E-state index in [-0.39, 0.29) is 10.8 Å². The van der Waals surface area contributed by atoms with Crippen molar-refractivity contribution >= 4 is 11.6 Å². The predicted octanol–water partition coefficient (Wildman–Crippen LogP) is 4.82. The maximum absolute atomic E-state index is 6.18. The van der Waals surface area contributed by atoms with Gasteiger partial charge in [-0.15, -0.1) is 0 Å². The van der Waals surface area contributed by atoms with Crippen LogP contribution in [-0.2, 0) is 10.8 Å². The lowest BCUT2D eigenvalue weighted by Gasteiger charge is -2.20. The molecule has 2 aromatic heterocycles. The Hall–Kier alpha value is -1.35. The topological polar surface area (TPSA) is 30.7 Å². The second-order valence-corrected chi connectivity index (χ2v) is 8.05. The highest BCUT2D eigenvalue weighted by Gasteiger charge is 2.26. The largest absolute Gasteiger partial charge is 0.234 e. The second-order valence-electron chi connectivity index (χ2n) is 7.61. The van der Waals surface area contributed by atoms with Gasteiger partial charge >= 0.3 is 0 Å². The van der Waals surface area contributed by atoms with Gasteiger partial charge in [0.25, 0.3) is 0 Å². The number of hydrogen-bond acceptors (Lipinski definition) is 2. The van der Waals surface area contributed by atoms with Crippen molar-refractivity contribution in [2.75, 3.05) is 0 Å². The van der Waals surface area contributed by atoms with Crippen molar-refractivity contribution < 1.29 is 0 Å². The van der Waals surface area contributed by atoms with Gasteiger partial charge in [0.2, 0.25) is 0 Å². The minimum atomic E-state index is -0.0194. The lowest BCUT2D eigenvalue weighted by molar-refractivity contribution is 0.534. The SMILES string of the molecule is Cc1cc(Cl)cc(-n2nc(C(C)(C)C)cc2C(C)(C)C)n1. The third-order valence-corrected chi connectivity index (χ3v) is 3.59. The Morgan fingerprint density at radius 1 is 0.952 bits per heavy atom. The maximum atomic E-state index is 6.18. The number of rotatable bonds is 1. The quantitative estimate of drug-likeness (QED) is 0.756. The third kappa shape index (κ3) is 3.46. The van der Waals surface area contributed by atoms with Crippen molar-refractivity contribution in [2.45, 2.75) is 59.3 Å². The van der Waals surface area contributed by atoms with Crippen LogP contribution in [0.1, 0.15) is 58.6 Å². The Morgan fingerprint density at radius 3 is 2.05 bits per heavy atom. The molecule has 0 saturated heterocycles. The summed E-state index contributed by atoms with van der Waals surface area (Å²) in [6, 6.07) is 5.90. The molecule has 0 saturated carbocycles. The minimum absolute atomic E-state index is 0.00112. The molecule has 0 N–H and O–H groups in total. The Morgan fingerprint density at radius 2 is 1.57 bits per heavy atom. The first-order valence-corrected chi connectivity index (χ1v) is 7.62. The molecule has 114 valence electrons. The Labute approximate surface area is 132 Å². The van der Waals surface area contributed by atoms with E-state index in [0.29, 0.717) is 5.02 Å². The van der Waals surface area contributed by atoms with Gasteiger partial charge in [0.05, 0.1) is 11.4 Å². The molecule has 0 atom stereocenters. The summed E-state index contributed by atoms with van der Waals surface area (Å²) in [7, 11) is 0. The van der Waals surface area contributed by atoms with Gasteiger partial charge in [0.1, 0.15) is 0 Å². The molecule has 0 aliphatic rings. The Kier molecular flexibility index (Phi) is 3.92. The predicted molar refractivity (Wildman–Crippen MR) is 88.5 cm³/mol. The van der Waals surface area contributed by atoms with Gasteiger partial charge in [-0.2, -0.15) is 5.10 Å². The van der Waals surface area contributed by atoms with E-state index < -0.39 is 0 Å². The molecule has 0 aliphatic carbocycles. The minimum Gasteiger partial charge on any atom is -0.234 e. The highest BCUT2D eigenvalue weighted by atomic mass is 35.5. The molecule has 0 bridgehead atoms. The van der Waals surface area contributed by atoms with Crippen LogP contribution in [0.4, 0.5) is 0 Å². The fraction of sp³-hybridized carbons (Fsp3) is 0.529. The van der Waals surface area contributed by atoms with Crippen LogP contribution in [0.2, 0.25) is 5.02 Å². The van der Waals surface area contributed by atoms with E-state index in [1.54, 1.807) is 0 Å². The number of pyridine rings is 1. The van der Waals surface area contributed by atoms with Crippen molar-refractivity contribution in [3.05, 3.63) is 40.3 Å². The molecule has 0 aliphatic heterocycles. The van der Waals surface area contributed by atoms with Gasteiger partial charge < -0.3 is 0 Å². The lowest BCUT2D eigenvalue weighted by Crippen LogP contribution is -2.18.